The molecule has 0 radical (unpaired) electrons. The Morgan fingerprint density at radius 2 is 1.59 bits per heavy atom. The van der Waals surface area contributed by atoms with Gasteiger partial charge in [-0.2, -0.15) is 0 Å². The lowest BCUT2D eigenvalue weighted by Gasteiger charge is -2.20. The van der Waals surface area contributed by atoms with E-state index in [1.54, 1.807) is 12.1 Å². The van der Waals surface area contributed by atoms with Crippen LogP contribution in [-0.4, -0.2) is 33.7 Å². The van der Waals surface area contributed by atoms with Crippen LogP contribution in [0.5, 0.6) is 17.2 Å². The summed E-state index contributed by atoms with van der Waals surface area (Å²) < 4.78 is 5.28. The van der Waals surface area contributed by atoms with Crippen LogP contribution in [0, 0.1) is 0 Å². The number of benzene rings is 2. The highest BCUT2D eigenvalue weighted by Crippen LogP contribution is 2.43. The molecule has 0 fully saturated rings. The van der Waals surface area contributed by atoms with Crippen molar-refractivity contribution in [1.29, 1.82) is 0 Å². The van der Waals surface area contributed by atoms with Gasteiger partial charge in [0.25, 0.3) is 0 Å². The third kappa shape index (κ3) is 2.07. The molecule has 0 saturated heterocycles. The molecule has 0 aromatic heterocycles. The minimum absolute atomic E-state index is 0.0313. The monoisotopic (exact) mass is 362 g/mol. The zero-order valence-corrected chi connectivity index (χ0v) is 12.9. The van der Waals surface area contributed by atoms with Gasteiger partial charge in [0.15, 0.2) is 23.1 Å². The lowest BCUT2D eigenvalue weighted by molar-refractivity contribution is 0.0973. The number of halogens is 1. The van der Waals surface area contributed by atoms with Gasteiger partial charge in [0.05, 0.1) is 17.7 Å². The van der Waals surface area contributed by atoms with Crippen LogP contribution in [0.2, 0.25) is 0 Å². The van der Waals surface area contributed by atoms with Gasteiger partial charge in [-0.25, -0.2) is 0 Å². The lowest BCUT2D eigenvalue weighted by atomic mass is 9.83. The fraction of sp³-hybridized carbons (Fsp3) is 0.125. The molecular formula is C16H11BrO5. The second kappa shape index (κ2) is 5.46. The first-order valence-corrected chi connectivity index (χ1v) is 7.64. The Bertz CT molecular complexity index is 797. The topological polar surface area (TPSA) is 83.8 Å². The molecule has 3 rings (SSSR count). The van der Waals surface area contributed by atoms with E-state index >= 15 is 0 Å². The molecule has 0 unspecified atom stereocenters. The van der Waals surface area contributed by atoms with Gasteiger partial charge in [0.1, 0.15) is 5.75 Å². The molecule has 6 heteroatoms. The summed E-state index contributed by atoms with van der Waals surface area (Å²) in [6.07, 6.45) is 0. The number of phenols is 2. The number of aromatic hydroxyl groups is 2. The predicted molar refractivity (Wildman–Crippen MR) is 82.4 cm³/mol. The molecule has 112 valence electrons. The van der Waals surface area contributed by atoms with Gasteiger partial charge in [-0.3, -0.25) is 9.59 Å². The summed E-state index contributed by atoms with van der Waals surface area (Å²) in [4.78, 5) is 25.0. The third-order valence-electron chi connectivity index (χ3n) is 3.45. The maximum Gasteiger partial charge on any atom is 0.198 e. The Labute approximate surface area is 134 Å². The molecule has 0 spiro atoms. The van der Waals surface area contributed by atoms with Crippen LogP contribution in [-0.2, 0) is 0 Å². The van der Waals surface area contributed by atoms with Crippen molar-refractivity contribution < 1.29 is 24.5 Å². The van der Waals surface area contributed by atoms with Crippen LogP contribution in [0.4, 0.5) is 0 Å². The van der Waals surface area contributed by atoms with E-state index in [0.717, 1.165) is 6.07 Å². The molecule has 2 aromatic rings. The van der Waals surface area contributed by atoms with E-state index in [4.69, 9.17) is 4.74 Å². The summed E-state index contributed by atoms with van der Waals surface area (Å²) in [5.74, 6) is -1.85. The lowest BCUT2D eigenvalue weighted by Crippen LogP contribution is -2.21. The van der Waals surface area contributed by atoms with Crippen molar-refractivity contribution in [2.75, 3.05) is 11.9 Å². The number of hydrogen-bond acceptors (Lipinski definition) is 5. The van der Waals surface area contributed by atoms with Gasteiger partial charge in [-0.05, 0) is 0 Å². The molecule has 1 aliphatic carbocycles. The second-order valence-electron chi connectivity index (χ2n) is 4.73. The van der Waals surface area contributed by atoms with Crippen molar-refractivity contribution in [3.63, 3.8) is 0 Å². The normalized spacial score (nSPS) is 12.8. The average molecular weight is 363 g/mol. The molecule has 22 heavy (non-hydrogen) atoms. The van der Waals surface area contributed by atoms with Crippen LogP contribution < -0.4 is 4.74 Å². The summed E-state index contributed by atoms with van der Waals surface area (Å²) in [7, 11) is 0. The van der Waals surface area contributed by atoms with Crippen LogP contribution in [0.25, 0.3) is 0 Å². The SMILES string of the molecule is O=C1c2ccccc2C(=O)c2c(O)c(OCCBr)cc(O)c21. The molecule has 2 aromatic carbocycles. The van der Waals surface area contributed by atoms with Crippen molar-refractivity contribution in [3.8, 4) is 17.2 Å². The number of carbonyl (C=O) groups excluding carboxylic acids is 2. The largest absolute Gasteiger partial charge is 0.507 e. The summed E-state index contributed by atoms with van der Waals surface area (Å²) >= 11 is 3.18. The fourth-order valence-electron chi connectivity index (χ4n) is 2.49. The van der Waals surface area contributed by atoms with Crippen LogP contribution in [0.1, 0.15) is 31.8 Å². The first-order valence-electron chi connectivity index (χ1n) is 6.52. The van der Waals surface area contributed by atoms with Gasteiger partial charge in [0, 0.05) is 22.5 Å². The zero-order valence-electron chi connectivity index (χ0n) is 11.3. The highest BCUT2D eigenvalue weighted by molar-refractivity contribution is 9.09. The second-order valence-corrected chi connectivity index (χ2v) is 5.53. The number of ketones is 2. The van der Waals surface area contributed by atoms with Crippen molar-refractivity contribution in [3.05, 3.63) is 52.6 Å². The van der Waals surface area contributed by atoms with Gasteiger partial charge in [0.2, 0.25) is 0 Å². The minimum Gasteiger partial charge on any atom is -0.507 e. The number of phenolic OH excluding ortho intramolecular Hbond substituents is 2. The van der Waals surface area contributed by atoms with E-state index in [9.17, 15) is 19.8 Å². The van der Waals surface area contributed by atoms with Gasteiger partial charge < -0.3 is 14.9 Å². The molecule has 0 bridgehead atoms. The van der Waals surface area contributed by atoms with Crippen LogP contribution in [0.15, 0.2) is 30.3 Å². The number of carbonyl (C=O) groups is 2. The highest BCUT2D eigenvalue weighted by Gasteiger charge is 2.35. The first kappa shape index (κ1) is 14.6. The van der Waals surface area contributed by atoms with Gasteiger partial charge in [-0.15, -0.1) is 0 Å². The molecule has 0 aliphatic heterocycles. The van der Waals surface area contributed by atoms with Crippen LogP contribution >= 0.6 is 15.9 Å². The number of fused-ring (bicyclic) bond motifs is 2. The Morgan fingerprint density at radius 3 is 2.18 bits per heavy atom. The Hall–Kier alpha value is -2.34. The van der Waals surface area contributed by atoms with Crippen molar-refractivity contribution in [2.24, 2.45) is 0 Å². The van der Waals surface area contributed by atoms with Crippen molar-refractivity contribution in [1.82, 2.24) is 0 Å². The van der Waals surface area contributed by atoms with E-state index in [1.165, 1.54) is 12.1 Å². The maximum atomic E-state index is 12.6. The van der Waals surface area contributed by atoms with E-state index in [-0.39, 0.29) is 40.4 Å². The number of rotatable bonds is 3. The standard InChI is InChI=1S/C16H11BrO5/c17-5-6-22-11-7-10(18)12-13(16(11)21)15(20)9-4-2-1-3-8(9)14(12)19/h1-4,7,18,21H,5-6H2. The van der Waals surface area contributed by atoms with E-state index < -0.39 is 17.3 Å². The van der Waals surface area contributed by atoms with Crippen molar-refractivity contribution >= 4 is 27.5 Å². The molecule has 2 N–H and O–H groups in total. The molecule has 5 nitrogen and oxygen atoms in total. The fourth-order valence-corrected chi connectivity index (χ4v) is 2.65. The first-order chi connectivity index (χ1) is 10.6. The summed E-state index contributed by atoms with van der Waals surface area (Å²) in [6.45, 7) is 0.241. The minimum atomic E-state index is -0.512. The Balaban J connectivity index is 2.24. The average Bonchev–Trinajstić information content (AvgIpc) is 2.53. The Kier molecular flexibility index (Phi) is 3.62. The predicted octanol–water partition coefficient (Wildman–Crippen LogP) is 2.65. The maximum absolute atomic E-state index is 12.6. The van der Waals surface area contributed by atoms with Gasteiger partial charge in [-0.1, -0.05) is 40.2 Å². The number of hydrogen-bond donors (Lipinski definition) is 2. The molecular weight excluding hydrogens is 352 g/mol. The van der Waals surface area contributed by atoms with E-state index in [0.29, 0.717) is 5.33 Å². The van der Waals surface area contributed by atoms with Gasteiger partial charge >= 0.3 is 0 Å². The molecule has 0 amide bonds. The molecule has 1 aliphatic rings. The highest BCUT2D eigenvalue weighted by atomic mass is 79.9. The summed E-state index contributed by atoms with van der Waals surface area (Å²) in [6, 6.07) is 7.46. The summed E-state index contributed by atoms with van der Waals surface area (Å²) in [5.41, 5.74) is 0.0110. The summed E-state index contributed by atoms with van der Waals surface area (Å²) in [5, 5.41) is 20.9. The Morgan fingerprint density at radius 1 is 1.00 bits per heavy atom. The van der Waals surface area contributed by atoms with Crippen molar-refractivity contribution in [2.45, 2.75) is 0 Å². The van der Waals surface area contributed by atoms with E-state index in [1.807, 2.05) is 0 Å². The zero-order chi connectivity index (χ0) is 15.9. The number of alkyl halides is 1. The number of ether oxygens (including phenoxy) is 1. The molecule has 0 atom stereocenters. The quantitative estimate of drug-likeness (QED) is 0.552. The molecule has 0 heterocycles. The van der Waals surface area contributed by atoms with E-state index in [2.05, 4.69) is 15.9 Å². The molecule has 0 saturated carbocycles. The van der Waals surface area contributed by atoms with Crippen LogP contribution in [0.3, 0.4) is 0 Å². The third-order valence-corrected chi connectivity index (χ3v) is 3.77. The smallest absolute Gasteiger partial charge is 0.198 e.